The fraction of sp³-hybridized carbons (Fsp3) is 0.111. The van der Waals surface area contributed by atoms with E-state index in [1.165, 1.54) is 0 Å². The zero-order valence-electron chi connectivity index (χ0n) is 10.8. The van der Waals surface area contributed by atoms with Crippen molar-refractivity contribution in [2.24, 2.45) is 0 Å². The molecule has 2 nitrogen and oxygen atoms in total. The highest BCUT2D eigenvalue weighted by molar-refractivity contribution is 5.97. The van der Waals surface area contributed by atoms with Gasteiger partial charge >= 0.3 is 0 Å². The van der Waals surface area contributed by atoms with E-state index in [9.17, 15) is 10.2 Å². The van der Waals surface area contributed by atoms with E-state index in [-0.39, 0.29) is 0 Å². The molecule has 2 N–H and O–H groups in total. The second-order valence-corrected chi connectivity index (χ2v) is 5.23. The first-order valence-corrected chi connectivity index (χ1v) is 6.74. The Bertz CT molecular complexity index is 793. The smallest absolute Gasteiger partial charge is 0.110 e. The van der Waals surface area contributed by atoms with Crippen molar-refractivity contribution >= 4 is 10.8 Å². The van der Waals surface area contributed by atoms with Gasteiger partial charge in [0.15, 0.2) is 0 Å². The molecular weight excluding hydrogens is 248 g/mol. The van der Waals surface area contributed by atoms with Crippen LogP contribution >= 0.6 is 0 Å². The molecule has 3 aromatic carbocycles. The molecule has 0 bridgehead atoms. The molecular formula is C18H14O2. The Morgan fingerprint density at radius 3 is 2.30 bits per heavy atom. The van der Waals surface area contributed by atoms with Crippen LogP contribution in [0, 0.1) is 0 Å². The highest BCUT2D eigenvalue weighted by Crippen LogP contribution is 2.47. The van der Waals surface area contributed by atoms with Crippen molar-refractivity contribution in [1.29, 1.82) is 0 Å². The largest absolute Gasteiger partial charge is 0.385 e. The van der Waals surface area contributed by atoms with Crippen LogP contribution in [0.5, 0.6) is 0 Å². The number of aliphatic hydroxyl groups is 2. The lowest BCUT2D eigenvalue weighted by Crippen LogP contribution is -2.03. The second kappa shape index (κ2) is 4.17. The van der Waals surface area contributed by atoms with Crippen molar-refractivity contribution in [1.82, 2.24) is 0 Å². The first kappa shape index (κ1) is 11.6. The maximum absolute atomic E-state index is 10.4. The molecule has 0 aromatic heterocycles. The van der Waals surface area contributed by atoms with Crippen molar-refractivity contribution in [2.45, 2.75) is 12.2 Å². The number of benzene rings is 3. The molecule has 4 rings (SSSR count). The molecule has 0 fully saturated rings. The zero-order chi connectivity index (χ0) is 13.7. The summed E-state index contributed by atoms with van der Waals surface area (Å²) in [6.45, 7) is 0. The maximum Gasteiger partial charge on any atom is 0.110 e. The quantitative estimate of drug-likeness (QED) is 0.703. The lowest BCUT2D eigenvalue weighted by molar-refractivity contribution is 0.0256. The summed E-state index contributed by atoms with van der Waals surface area (Å²) in [5, 5.41) is 22.7. The minimum atomic E-state index is -0.855. The van der Waals surface area contributed by atoms with Gasteiger partial charge in [0.25, 0.3) is 0 Å². The first-order valence-electron chi connectivity index (χ1n) is 6.74. The van der Waals surface area contributed by atoms with Gasteiger partial charge in [-0.3, -0.25) is 0 Å². The second-order valence-electron chi connectivity index (χ2n) is 5.23. The number of aliphatic hydroxyl groups excluding tert-OH is 2. The van der Waals surface area contributed by atoms with Gasteiger partial charge in [0.2, 0.25) is 0 Å². The standard InChI is InChI=1S/C18H14O2/c19-17-14-8-4-7-12-9-10-13(11-5-2-1-3-6-11)16(15(12)14)18(17)20/h1-10,17-20H/t17-,18-/m0/s1. The minimum Gasteiger partial charge on any atom is -0.385 e. The zero-order valence-corrected chi connectivity index (χ0v) is 10.8. The van der Waals surface area contributed by atoms with Crippen LogP contribution in [-0.4, -0.2) is 10.2 Å². The lowest BCUT2D eigenvalue weighted by atomic mass is 9.94. The summed E-state index contributed by atoms with van der Waals surface area (Å²) < 4.78 is 0. The van der Waals surface area contributed by atoms with E-state index in [4.69, 9.17) is 0 Å². The van der Waals surface area contributed by atoms with E-state index in [0.717, 1.165) is 33.0 Å². The summed E-state index contributed by atoms with van der Waals surface area (Å²) >= 11 is 0. The molecule has 98 valence electrons. The Kier molecular flexibility index (Phi) is 2.43. The van der Waals surface area contributed by atoms with Gasteiger partial charge in [-0.1, -0.05) is 60.7 Å². The van der Waals surface area contributed by atoms with E-state index in [1.54, 1.807) is 0 Å². The molecule has 0 unspecified atom stereocenters. The van der Waals surface area contributed by atoms with Crippen LogP contribution in [0.3, 0.4) is 0 Å². The van der Waals surface area contributed by atoms with Gasteiger partial charge in [0, 0.05) is 0 Å². The molecule has 2 heteroatoms. The van der Waals surface area contributed by atoms with E-state index in [2.05, 4.69) is 6.07 Å². The third-order valence-electron chi connectivity index (χ3n) is 4.12. The van der Waals surface area contributed by atoms with Crippen LogP contribution in [-0.2, 0) is 0 Å². The van der Waals surface area contributed by atoms with Crippen molar-refractivity contribution in [2.75, 3.05) is 0 Å². The van der Waals surface area contributed by atoms with Gasteiger partial charge in [0.05, 0.1) is 0 Å². The third kappa shape index (κ3) is 1.46. The molecule has 2 atom stereocenters. The first-order chi connectivity index (χ1) is 9.77. The van der Waals surface area contributed by atoms with E-state index < -0.39 is 12.2 Å². The van der Waals surface area contributed by atoms with Crippen molar-refractivity contribution in [3.63, 3.8) is 0 Å². The van der Waals surface area contributed by atoms with Crippen molar-refractivity contribution in [3.05, 3.63) is 71.8 Å². The molecule has 0 saturated carbocycles. The van der Waals surface area contributed by atoms with Gasteiger partial charge < -0.3 is 10.2 Å². The lowest BCUT2D eigenvalue weighted by Gasteiger charge is -2.13. The van der Waals surface area contributed by atoms with Crippen LogP contribution < -0.4 is 0 Å². The number of hydrogen-bond acceptors (Lipinski definition) is 2. The maximum atomic E-state index is 10.4. The topological polar surface area (TPSA) is 40.5 Å². The van der Waals surface area contributed by atoms with Gasteiger partial charge in [-0.05, 0) is 33.0 Å². The molecule has 0 heterocycles. The highest BCUT2D eigenvalue weighted by Gasteiger charge is 2.33. The molecule has 0 aliphatic heterocycles. The Morgan fingerprint density at radius 2 is 1.50 bits per heavy atom. The fourth-order valence-electron chi connectivity index (χ4n) is 3.19. The molecule has 0 radical (unpaired) electrons. The predicted molar refractivity (Wildman–Crippen MR) is 79.3 cm³/mol. The van der Waals surface area contributed by atoms with Crippen LogP contribution in [0.15, 0.2) is 60.7 Å². The highest BCUT2D eigenvalue weighted by atomic mass is 16.3. The van der Waals surface area contributed by atoms with Crippen LogP contribution in [0.4, 0.5) is 0 Å². The third-order valence-corrected chi connectivity index (χ3v) is 4.12. The summed E-state index contributed by atoms with van der Waals surface area (Å²) in [6, 6.07) is 19.9. The summed E-state index contributed by atoms with van der Waals surface area (Å²) in [5.74, 6) is 0. The Labute approximate surface area is 116 Å². The summed E-state index contributed by atoms with van der Waals surface area (Å²) in [7, 11) is 0. The minimum absolute atomic E-state index is 0.822. The molecule has 3 aromatic rings. The summed E-state index contributed by atoms with van der Waals surface area (Å²) in [4.78, 5) is 0. The van der Waals surface area contributed by atoms with Crippen LogP contribution in [0.2, 0.25) is 0 Å². The van der Waals surface area contributed by atoms with Gasteiger partial charge in [-0.25, -0.2) is 0 Å². The van der Waals surface area contributed by atoms with Gasteiger partial charge in [0.1, 0.15) is 12.2 Å². The van der Waals surface area contributed by atoms with E-state index in [0.29, 0.717) is 0 Å². The predicted octanol–water partition coefficient (Wildman–Crippen LogP) is 3.59. The summed E-state index contributed by atoms with van der Waals surface area (Å²) in [5.41, 5.74) is 3.72. The monoisotopic (exact) mass is 262 g/mol. The number of hydrogen-bond donors (Lipinski definition) is 2. The van der Waals surface area contributed by atoms with Crippen molar-refractivity contribution < 1.29 is 10.2 Å². The van der Waals surface area contributed by atoms with E-state index >= 15 is 0 Å². The number of rotatable bonds is 1. The van der Waals surface area contributed by atoms with E-state index in [1.807, 2.05) is 54.6 Å². The van der Waals surface area contributed by atoms with Crippen LogP contribution in [0.1, 0.15) is 23.3 Å². The summed E-state index contributed by atoms with van der Waals surface area (Å²) in [6.07, 6.45) is -1.69. The molecule has 1 aliphatic carbocycles. The molecule has 0 spiro atoms. The Morgan fingerprint density at radius 1 is 0.700 bits per heavy atom. The average molecular weight is 262 g/mol. The Hall–Kier alpha value is -2.16. The fourth-order valence-corrected chi connectivity index (χ4v) is 3.19. The SMILES string of the molecule is O[C@H]1c2cccc3ccc(-c4ccccc4)c(c23)[C@@H]1O. The van der Waals surface area contributed by atoms with Crippen molar-refractivity contribution in [3.8, 4) is 11.1 Å². The Balaban J connectivity index is 2.10. The average Bonchev–Trinajstić information content (AvgIpc) is 2.76. The van der Waals surface area contributed by atoms with Gasteiger partial charge in [-0.2, -0.15) is 0 Å². The molecule has 20 heavy (non-hydrogen) atoms. The molecule has 1 aliphatic rings. The molecule has 0 amide bonds. The normalized spacial score (nSPS) is 20.5. The molecule has 0 saturated heterocycles. The van der Waals surface area contributed by atoms with Gasteiger partial charge in [-0.15, -0.1) is 0 Å². The van der Waals surface area contributed by atoms with Crippen LogP contribution in [0.25, 0.3) is 21.9 Å².